The predicted molar refractivity (Wildman–Crippen MR) is 47.2 cm³/mol. The maximum Gasteiger partial charge on any atom is 0.326 e. The summed E-state index contributed by atoms with van der Waals surface area (Å²) in [6.45, 7) is 0. The first-order valence-electron chi connectivity index (χ1n) is 3.38. The van der Waals surface area contributed by atoms with Crippen LogP contribution in [0.15, 0.2) is 0 Å². The topological polar surface area (TPSA) is 109 Å². The Labute approximate surface area is 79.9 Å². The molecule has 0 aliphatic heterocycles. The van der Waals surface area contributed by atoms with Crippen molar-refractivity contribution in [3.63, 3.8) is 0 Å². The van der Waals surface area contributed by atoms with Crippen molar-refractivity contribution in [2.24, 2.45) is 5.73 Å². The Bertz CT molecular complexity index is 231. The first-order chi connectivity index (χ1) is 5.97. The van der Waals surface area contributed by atoms with E-state index in [0.29, 0.717) is 0 Å². The van der Waals surface area contributed by atoms with Crippen LogP contribution in [-0.4, -0.2) is 34.7 Å². The number of carboxylic acid groups (broad SMARTS) is 1. The van der Waals surface area contributed by atoms with Crippen LogP contribution < -0.4 is 11.1 Å². The lowest BCUT2D eigenvalue weighted by Crippen LogP contribution is -2.43. The van der Waals surface area contributed by atoms with Crippen LogP contribution in [0, 0.1) is 0 Å². The van der Waals surface area contributed by atoms with Crippen molar-refractivity contribution in [2.45, 2.75) is 12.5 Å². The van der Waals surface area contributed by atoms with Gasteiger partial charge in [0.05, 0.1) is 12.2 Å². The van der Waals surface area contributed by atoms with Crippen LogP contribution in [0.2, 0.25) is 0 Å². The van der Waals surface area contributed by atoms with Gasteiger partial charge < -0.3 is 16.2 Å². The minimum atomic E-state index is -1.30. The van der Waals surface area contributed by atoms with Gasteiger partial charge in [0.15, 0.2) is 0 Å². The van der Waals surface area contributed by atoms with Crippen LogP contribution in [0.3, 0.4) is 0 Å². The number of carboxylic acids is 1. The third-order valence-electron chi connectivity index (χ3n) is 1.18. The summed E-state index contributed by atoms with van der Waals surface area (Å²) in [6.07, 6.45) is -0.422. The Morgan fingerprint density at radius 1 is 1.46 bits per heavy atom. The summed E-state index contributed by atoms with van der Waals surface area (Å²) in [5, 5.41) is 10.6. The van der Waals surface area contributed by atoms with E-state index < -0.39 is 30.2 Å². The molecule has 0 bridgehead atoms. The van der Waals surface area contributed by atoms with Gasteiger partial charge in [-0.1, -0.05) is 0 Å². The summed E-state index contributed by atoms with van der Waals surface area (Å²) in [5.41, 5.74) is 4.78. The molecule has 4 N–H and O–H groups in total. The number of hydrogen-bond donors (Lipinski definition) is 4. The lowest BCUT2D eigenvalue weighted by Gasteiger charge is -2.11. The summed E-state index contributed by atoms with van der Waals surface area (Å²) in [5.74, 6) is -2.78. The Morgan fingerprint density at radius 3 is 2.31 bits per heavy atom. The third-order valence-corrected chi connectivity index (χ3v) is 1.47. The second-order valence-electron chi connectivity index (χ2n) is 2.29. The van der Waals surface area contributed by atoms with Crippen LogP contribution in [0.1, 0.15) is 6.42 Å². The molecule has 0 spiro atoms. The molecule has 2 amide bonds. The summed E-state index contributed by atoms with van der Waals surface area (Å²) in [4.78, 5) is 31.5. The molecule has 7 heteroatoms. The number of nitrogens with two attached hydrogens (primary N) is 1. The molecule has 0 rings (SSSR count). The predicted octanol–water partition coefficient (Wildman–Crippen LogP) is -1.64. The van der Waals surface area contributed by atoms with Gasteiger partial charge in [0.2, 0.25) is 11.8 Å². The Hall–Kier alpha value is -1.24. The van der Waals surface area contributed by atoms with E-state index in [2.05, 4.69) is 17.9 Å². The molecular weight excluding hydrogens is 196 g/mol. The highest BCUT2D eigenvalue weighted by Crippen LogP contribution is 1.91. The zero-order valence-electron chi connectivity index (χ0n) is 6.69. The van der Waals surface area contributed by atoms with Crippen molar-refractivity contribution in [1.82, 2.24) is 5.32 Å². The molecular formula is C6H10N2O4S. The minimum Gasteiger partial charge on any atom is -0.480 e. The minimum absolute atomic E-state index is 0.136. The molecule has 6 nitrogen and oxygen atoms in total. The fourth-order valence-corrected chi connectivity index (χ4v) is 0.733. The molecule has 0 radical (unpaired) electrons. The Morgan fingerprint density at radius 2 is 2.00 bits per heavy atom. The summed E-state index contributed by atoms with van der Waals surface area (Å²) in [7, 11) is 0. The first-order valence-corrected chi connectivity index (χ1v) is 4.02. The van der Waals surface area contributed by atoms with Crippen molar-refractivity contribution in [2.75, 3.05) is 5.75 Å². The number of aliphatic carboxylic acids is 1. The average Bonchev–Trinajstić information content (AvgIpc) is 2.02. The fraction of sp³-hybridized carbons (Fsp3) is 0.500. The second kappa shape index (κ2) is 5.41. The summed E-state index contributed by atoms with van der Waals surface area (Å²) < 4.78 is 0. The van der Waals surface area contributed by atoms with Crippen molar-refractivity contribution < 1.29 is 19.5 Å². The largest absolute Gasteiger partial charge is 0.480 e. The molecule has 0 heterocycles. The average molecular weight is 206 g/mol. The Kier molecular flexibility index (Phi) is 4.90. The van der Waals surface area contributed by atoms with Gasteiger partial charge in [0.1, 0.15) is 6.04 Å². The SMILES string of the molecule is NC(=O)C[C@H](NC(=O)CS)C(=O)O. The van der Waals surface area contributed by atoms with Crippen LogP contribution >= 0.6 is 12.6 Å². The standard InChI is InChI=1S/C6H10N2O4S/c7-4(9)1-3(6(11)12)8-5(10)2-13/h3,13H,1-2H2,(H2,7,9)(H,8,10)(H,11,12)/t3-/m0/s1. The summed E-state index contributed by atoms with van der Waals surface area (Å²) >= 11 is 3.63. The zero-order valence-corrected chi connectivity index (χ0v) is 7.58. The molecule has 13 heavy (non-hydrogen) atoms. The molecule has 0 aliphatic rings. The van der Waals surface area contributed by atoms with Gasteiger partial charge >= 0.3 is 5.97 Å². The smallest absolute Gasteiger partial charge is 0.326 e. The van der Waals surface area contributed by atoms with Crippen LogP contribution in [0.25, 0.3) is 0 Å². The van der Waals surface area contributed by atoms with Crippen LogP contribution in [0.5, 0.6) is 0 Å². The van der Waals surface area contributed by atoms with E-state index in [0.717, 1.165) is 0 Å². The van der Waals surface area contributed by atoms with Crippen LogP contribution in [0.4, 0.5) is 0 Å². The van der Waals surface area contributed by atoms with Crippen LogP contribution in [-0.2, 0) is 14.4 Å². The maximum atomic E-state index is 10.7. The van der Waals surface area contributed by atoms with Gasteiger partial charge in [-0.2, -0.15) is 12.6 Å². The molecule has 0 saturated carbocycles. The van der Waals surface area contributed by atoms with Crippen molar-refractivity contribution >= 4 is 30.4 Å². The van der Waals surface area contributed by atoms with E-state index in [1.807, 2.05) is 0 Å². The molecule has 0 aliphatic carbocycles. The highest BCUT2D eigenvalue weighted by atomic mass is 32.1. The number of amides is 2. The molecule has 0 aromatic carbocycles. The maximum absolute atomic E-state index is 10.7. The van der Waals surface area contributed by atoms with Crippen molar-refractivity contribution in [3.8, 4) is 0 Å². The molecule has 0 aromatic heterocycles. The summed E-state index contributed by atoms with van der Waals surface area (Å²) in [6, 6.07) is -1.27. The lowest BCUT2D eigenvalue weighted by molar-refractivity contribution is -0.143. The number of nitrogens with one attached hydrogen (secondary N) is 1. The normalized spacial score (nSPS) is 11.8. The number of primary amides is 1. The van der Waals surface area contributed by atoms with Gasteiger partial charge in [-0.05, 0) is 0 Å². The van der Waals surface area contributed by atoms with E-state index in [-0.39, 0.29) is 5.75 Å². The second-order valence-corrected chi connectivity index (χ2v) is 2.60. The van der Waals surface area contributed by atoms with E-state index in [4.69, 9.17) is 10.8 Å². The number of hydrogen-bond acceptors (Lipinski definition) is 4. The molecule has 0 saturated heterocycles. The number of carbonyl (C=O) groups excluding carboxylic acids is 2. The Balaban J connectivity index is 4.18. The molecule has 0 fully saturated rings. The highest BCUT2D eigenvalue weighted by molar-refractivity contribution is 7.81. The fourth-order valence-electron chi connectivity index (χ4n) is 0.641. The number of rotatable bonds is 5. The number of carbonyl (C=O) groups is 3. The quantitative estimate of drug-likeness (QED) is 0.404. The van der Waals surface area contributed by atoms with E-state index in [9.17, 15) is 14.4 Å². The molecule has 0 aromatic rings. The van der Waals surface area contributed by atoms with Gasteiger partial charge in [-0.25, -0.2) is 4.79 Å². The van der Waals surface area contributed by atoms with Gasteiger partial charge in [-0.3, -0.25) is 9.59 Å². The highest BCUT2D eigenvalue weighted by Gasteiger charge is 2.21. The van der Waals surface area contributed by atoms with Gasteiger partial charge in [-0.15, -0.1) is 0 Å². The van der Waals surface area contributed by atoms with E-state index in [1.54, 1.807) is 0 Å². The molecule has 1 atom stereocenters. The third kappa shape index (κ3) is 5.07. The first kappa shape index (κ1) is 11.8. The molecule has 0 unspecified atom stereocenters. The lowest BCUT2D eigenvalue weighted by atomic mass is 10.2. The monoisotopic (exact) mass is 206 g/mol. The van der Waals surface area contributed by atoms with Gasteiger partial charge in [0, 0.05) is 0 Å². The molecule has 74 valence electrons. The van der Waals surface area contributed by atoms with Crippen molar-refractivity contribution in [1.29, 1.82) is 0 Å². The number of thiol groups is 1. The van der Waals surface area contributed by atoms with Crippen molar-refractivity contribution in [3.05, 3.63) is 0 Å². The van der Waals surface area contributed by atoms with E-state index in [1.165, 1.54) is 0 Å². The zero-order chi connectivity index (χ0) is 10.4. The van der Waals surface area contributed by atoms with E-state index >= 15 is 0 Å². The van der Waals surface area contributed by atoms with Gasteiger partial charge in [0.25, 0.3) is 0 Å².